The molecule has 1 amide bonds. The number of rotatable bonds is 6. The van der Waals surface area contributed by atoms with Gasteiger partial charge in [-0.15, -0.1) is 0 Å². The van der Waals surface area contributed by atoms with E-state index in [2.05, 4.69) is 40.8 Å². The van der Waals surface area contributed by atoms with Crippen LogP contribution < -0.4 is 4.72 Å². The smallest absolute Gasteiger partial charge is 0.261 e. The summed E-state index contributed by atoms with van der Waals surface area (Å²) in [6.07, 6.45) is 0.880. The van der Waals surface area contributed by atoms with Crippen molar-refractivity contribution in [1.82, 2.24) is 9.80 Å². The van der Waals surface area contributed by atoms with Crippen LogP contribution in [0, 0.1) is 13.8 Å². The van der Waals surface area contributed by atoms with Crippen molar-refractivity contribution < 1.29 is 13.2 Å². The van der Waals surface area contributed by atoms with Gasteiger partial charge in [0.15, 0.2) is 0 Å². The number of nitrogens with one attached hydrogen (secondary N) is 1. The SMILES string of the molecule is Cc1ccc(CN2CCCN(C(=O)c3cccc(S(=O)(=O)Nc4ccc(C)cc4)c3)CC2)cc1. The molecule has 178 valence electrons. The summed E-state index contributed by atoms with van der Waals surface area (Å²) in [7, 11) is -3.80. The Morgan fingerprint density at radius 2 is 1.53 bits per heavy atom. The van der Waals surface area contributed by atoms with E-state index in [-0.39, 0.29) is 10.8 Å². The van der Waals surface area contributed by atoms with E-state index in [9.17, 15) is 13.2 Å². The van der Waals surface area contributed by atoms with Gasteiger partial charge in [-0.05, 0) is 56.2 Å². The molecule has 0 bridgehead atoms. The summed E-state index contributed by atoms with van der Waals surface area (Å²) in [5.41, 5.74) is 4.44. The second-order valence-electron chi connectivity index (χ2n) is 8.91. The largest absolute Gasteiger partial charge is 0.337 e. The van der Waals surface area contributed by atoms with Crippen LogP contribution in [0.2, 0.25) is 0 Å². The van der Waals surface area contributed by atoms with E-state index in [1.54, 1.807) is 24.3 Å². The van der Waals surface area contributed by atoms with Gasteiger partial charge >= 0.3 is 0 Å². The van der Waals surface area contributed by atoms with Gasteiger partial charge in [0, 0.05) is 44.0 Å². The molecule has 0 saturated carbocycles. The number of hydrogen-bond donors (Lipinski definition) is 1. The summed E-state index contributed by atoms with van der Waals surface area (Å²) in [5, 5.41) is 0. The lowest BCUT2D eigenvalue weighted by atomic mass is 10.1. The zero-order valence-corrected chi connectivity index (χ0v) is 20.5. The Kier molecular flexibility index (Phi) is 7.34. The van der Waals surface area contributed by atoms with Crippen LogP contribution in [-0.4, -0.2) is 50.3 Å². The van der Waals surface area contributed by atoms with E-state index in [0.717, 1.165) is 31.6 Å². The number of carbonyl (C=O) groups excluding carboxylic acids is 1. The lowest BCUT2D eigenvalue weighted by molar-refractivity contribution is 0.0761. The molecule has 0 atom stereocenters. The van der Waals surface area contributed by atoms with Crippen LogP contribution in [0.25, 0.3) is 0 Å². The highest BCUT2D eigenvalue weighted by Gasteiger charge is 2.22. The third-order valence-corrected chi connectivity index (χ3v) is 7.48. The van der Waals surface area contributed by atoms with Gasteiger partial charge in [0.05, 0.1) is 4.90 Å². The monoisotopic (exact) mass is 477 g/mol. The van der Waals surface area contributed by atoms with E-state index < -0.39 is 10.0 Å². The predicted molar refractivity (Wildman–Crippen MR) is 135 cm³/mol. The molecule has 3 aromatic rings. The normalized spacial score (nSPS) is 15.1. The van der Waals surface area contributed by atoms with E-state index in [0.29, 0.717) is 24.3 Å². The second kappa shape index (κ2) is 10.4. The van der Waals surface area contributed by atoms with Gasteiger partial charge in [-0.1, -0.05) is 53.6 Å². The summed E-state index contributed by atoms with van der Waals surface area (Å²) < 4.78 is 28.4. The maximum Gasteiger partial charge on any atom is 0.261 e. The number of carbonyl (C=O) groups is 1. The van der Waals surface area contributed by atoms with Gasteiger partial charge in [-0.25, -0.2) is 8.42 Å². The van der Waals surface area contributed by atoms with Gasteiger partial charge in [-0.3, -0.25) is 14.4 Å². The summed E-state index contributed by atoms with van der Waals surface area (Å²) in [6.45, 7) is 7.86. The van der Waals surface area contributed by atoms with Crippen molar-refractivity contribution in [3.63, 3.8) is 0 Å². The number of benzene rings is 3. The van der Waals surface area contributed by atoms with Crippen LogP contribution in [0.4, 0.5) is 5.69 Å². The van der Waals surface area contributed by atoms with Crippen molar-refractivity contribution in [1.29, 1.82) is 0 Å². The number of aryl methyl sites for hydroxylation is 2. The Hall–Kier alpha value is -3.16. The molecule has 0 aromatic heterocycles. The minimum atomic E-state index is -3.80. The Bertz CT molecular complexity index is 1240. The molecule has 1 N–H and O–H groups in total. The lowest BCUT2D eigenvalue weighted by Gasteiger charge is -2.22. The predicted octanol–water partition coefficient (Wildman–Crippen LogP) is 4.45. The summed E-state index contributed by atoms with van der Waals surface area (Å²) in [6, 6.07) is 22.0. The fourth-order valence-electron chi connectivity index (χ4n) is 4.10. The highest BCUT2D eigenvalue weighted by Crippen LogP contribution is 2.19. The molecule has 3 aromatic carbocycles. The molecule has 1 heterocycles. The van der Waals surface area contributed by atoms with Gasteiger partial charge in [-0.2, -0.15) is 0 Å². The standard InChI is InChI=1S/C27H31N3O3S/c1-21-7-11-23(12-8-21)20-29-15-4-16-30(18-17-29)27(31)24-5-3-6-26(19-24)34(32,33)28-25-13-9-22(2)10-14-25/h3,5-14,19,28H,4,15-18,20H2,1-2H3. The molecule has 7 heteroatoms. The Morgan fingerprint density at radius 3 is 2.24 bits per heavy atom. The summed E-state index contributed by atoms with van der Waals surface area (Å²) in [5.74, 6) is -0.135. The minimum Gasteiger partial charge on any atom is -0.337 e. The zero-order chi connectivity index (χ0) is 24.1. The zero-order valence-electron chi connectivity index (χ0n) is 19.7. The number of amides is 1. The van der Waals surface area contributed by atoms with Crippen LogP contribution in [-0.2, 0) is 16.6 Å². The van der Waals surface area contributed by atoms with Crippen molar-refractivity contribution >= 4 is 21.6 Å². The first-order chi connectivity index (χ1) is 16.3. The highest BCUT2D eigenvalue weighted by molar-refractivity contribution is 7.92. The molecular weight excluding hydrogens is 446 g/mol. The van der Waals surface area contributed by atoms with Crippen molar-refractivity contribution in [2.45, 2.75) is 31.7 Å². The average Bonchev–Trinajstić information content (AvgIpc) is 3.07. The maximum atomic E-state index is 13.2. The van der Waals surface area contributed by atoms with Crippen LogP contribution in [0.5, 0.6) is 0 Å². The molecule has 1 fully saturated rings. The van der Waals surface area contributed by atoms with Gasteiger partial charge in [0.25, 0.3) is 15.9 Å². The Labute approximate surface area is 202 Å². The van der Waals surface area contributed by atoms with Crippen LogP contribution in [0.1, 0.15) is 33.5 Å². The lowest BCUT2D eigenvalue weighted by Crippen LogP contribution is -2.35. The molecule has 1 aliphatic rings. The average molecular weight is 478 g/mol. The van der Waals surface area contributed by atoms with E-state index >= 15 is 0 Å². The van der Waals surface area contributed by atoms with Gasteiger partial charge in [0.2, 0.25) is 0 Å². The van der Waals surface area contributed by atoms with Gasteiger partial charge in [0.1, 0.15) is 0 Å². The highest BCUT2D eigenvalue weighted by atomic mass is 32.2. The minimum absolute atomic E-state index is 0.0785. The fraction of sp³-hybridized carbons (Fsp3) is 0.296. The molecular formula is C27H31N3O3S. The maximum absolute atomic E-state index is 13.2. The number of hydrogen-bond acceptors (Lipinski definition) is 4. The molecule has 0 spiro atoms. The molecule has 1 aliphatic heterocycles. The molecule has 4 rings (SSSR count). The van der Waals surface area contributed by atoms with Gasteiger partial charge < -0.3 is 4.90 Å². The van der Waals surface area contributed by atoms with Crippen LogP contribution in [0.15, 0.2) is 77.7 Å². The van der Waals surface area contributed by atoms with Crippen molar-refractivity contribution in [2.75, 3.05) is 30.9 Å². The summed E-state index contributed by atoms with van der Waals surface area (Å²) in [4.78, 5) is 17.5. The third kappa shape index (κ3) is 6.04. The quantitative estimate of drug-likeness (QED) is 0.569. The first kappa shape index (κ1) is 24.0. The number of nitrogens with zero attached hydrogens (tertiary/aromatic N) is 2. The second-order valence-corrected chi connectivity index (χ2v) is 10.6. The Morgan fingerprint density at radius 1 is 0.853 bits per heavy atom. The van der Waals surface area contributed by atoms with Crippen LogP contribution in [0.3, 0.4) is 0 Å². The van der Waals surface area contributed by atoms with E-state index in [1.807, 2.05) is 24.0 Å². The third-order valence-electron chi connectivity index (χ3n) is 6.10. The molecule has 34 heavy (non-hydrogen) atoms. The van der Waals surface area contributed by atoms with E-state index in [4.69, 9.17) is 0 Å². The summed E-state index contributed by atoms with van der Waals surface area (Å²) >= 11 is 0. The van der Waals surface area contributed by atoms with Crippen LogP contribution >= 0.6 is 0 Å². The topological polar surface area (TPSA) is 69.7 Å². The van der Waals surface area contributed by atoms with Crippen molar-refractivity contribution in [3.8, 4) is 0 Å². The van der Waals surface area contributed by atoms with E-state index in [1.165, 1.54) is 23.3 Å². The molecule has 0 unspecified atom stereocenters. The first-order valence-corrected chi connectivity index (χ1v) is 13.1. The Balaban J connectivity index is 1.42. The molecule has 0 aliphatic carbocycles. The van der Waals surface area contributed by atoms with Crippen molar-refractivity contribution in [2.24, 2.45) is 0 Å². The number of sulfonamides is 1. The molecule has 6 nitrogen and oxygen atoms in total. The number of anilines is 1. The first-order valence-electron chi connectivity index (χ1n) is 11.6. The van der Waals surface area contributed by atoms with Crippen molar-refractivity contribution in [3.05, 3.63) is 95.1 Å². The molecule has 0 radical (unpaired) electrons. The molecule has 1 saturated heterocycles. The fourth-order valence-corrected chi connectivity index (χ4v) is 5.20.